The lowest BCUT2D eigenvalue weighted by Crippen LogP contribution is -2.58. The second-order valence-corrected chi connectivity index (χ2v) is 12.6. The van der Waals surface area contributed by atoms with Crippen LogP contribution in [0.5, 0.6) is 0 Å². The monoisotopic (exact) mass is 532 g/mol. The van der Waals surface area contributed by atoms with Crippen LogP contribution in [0, 0.1) is 23.2 Å². The summed E-state index contributed by atoms with van der Waals surface area (Å²) in [6, 6.07) is 2.21. The molecule has 5 rings (SSSR count). The molecule has 9 nitrogen and oxygen atoms in total. The number of esters is 1. The summed E-state index contributed by atoms with van der Waals surface area (Å²) >= 11 is 1.13. The number of nitrogens with two attached hydrogens (primary N) is 1. The first-order chi connectivity index (χ1) is 16.4. The first-order valence-corrected chi connectivity index (χ1v) is 13.6. The standard InChI is InChI=1S/C21H23F3N4O5S2/c22-21(23,24)19(30)33-20-9-12(20)8-15(10-25)27(20)18(29)17(26)11-6-13-3-4-14(7-11)28(13)35(31,32)16-2-1-5-34-16/h1-2,5,11-15,17H,3-4,6-9,26H2/t11?,12-,13?,14?,15+,17+,20+/m1/s1. The van der Waals surface area contributed by atoms with Gasteiger partial charge in [-0.15, -0.1) is 11.3 Å². The van der Waals surface area contributed by atoms with Crippen LogP contribution in [0.15, 0.2) is 21.7 Å². The maximum atomic E-state index is 13.4. The molecule has 2 N–H and O–H groups in total. The zero-order valence-electron chi connectivity index (χ0n) is 18.3. The number of sulfonamides is 1. The number of piperidine rings is 2. The van der Waals surface area contributed by atoms with Gasteiger partial charge in [0, 0.05) is 24.4 Å². The molecule has 1 saturated carbocycles. The number of hydrogen-bond acceptors (Lipinski definition) is 8. The zero-order valence-corrected chi connectivity index (χ0v) is 20.0. The second kappa shape index (κ2) is 8.16. The lowest BCUT2D eigenvalue weighted by atomic mass is 9.85. The Morgan fingerprint density at radius 3 is 2.46 bits per heavy atom. The zero-order chi connectivity index (χ0) is 25.3. The van der Waals surface area contributed by atoms with Gasteiger partial charge in [-0.2, -0.15) is 22.7 Å². The predicted octanol–water partition coefficient (Wildman–Crippen LogP) is 1.95. The Kier molecular flexibility index (Phi) is 5.70. The van der Waals surface area contributed by atoms with Crippen molar-refractivity contribution in [3.05, 3.63) is 17.5 Å². The van der Waals surface area contributed by atoms with Gasteiger partial charge in [-0.3, -0.25) is 9.69 Å². The highest BCUT2D eigenvalue weighted by molar-refractivity contribution is 7.91. The number of nitrogens with zero attached hydrogens (tertiary/aromatic N) is 3. The van der Waals surface area contributed by atoms with E-state index in [0.717, 1.165) is 16.2 Å². The molecule has 4 heterocycles. The number of alkyl halides is 3. The number of ether oxygens (including phenoxy) is 1. The third kappa shape index (κ3) is 3.83. The van der Waals surface area contributed by atoms with Crippen LogP contribution in [0.25, 0.3) is 0 Å². The minimum absolute atomic E-state index is 0.0220. The smallest absolute Gasteiger partial charge is 0.432 e. The Bertz CT molecular complexity index is 1170. The van der Waals surface area contributed by atoms with Gasteiger partial charge in [-0.25, -0.2) is 13.2 Å². The minimum Gasteiger partial charge on any atom is -0.432 e. The fourth-order valence-electron chi connectivity index (χ4n) is 6.08. The molecular formula is C21H23F3N4O5S2. The van der Waals surface area contributed by atoms with Gasteiger partial charge in [0.05, 0.1) is 12.1 Å². The Hall–Kier alpha value is -2.21. The van der Waals surface area contributed by atoms with Crippen molar-refractivity contribution in [1.82, 2.24) is 9.21 Å². The molecule has 6 atom stereocenters. The minimum atomic E-state index is -5.23. The van der Waals surface area contributed by atoms with Crippen LogP contribution in [0.2, 0.25) is 0 Å². The van der Waals surface area contributed by atoms with Crippen LogP contribution >= 0.6 is 11.3 Å². The van der Waals surface area contributed by atoms with Gasteiger partial charge >= 0.3 is 12.1 Å². The number of likely N-dealkylation sites (tertiary alicyclic amines) is 1. The molecule has 0 spiro atoms. The normalized spacial score (nSPS) is 35.3. The molecule has 35 heavy (non-hydrogen) atoms. The van der Waals surface area contributed by atoms with E-state index in [1.165, 1.54) is 4.31 Å². The summed E-state index contributed by atoms with van der Waals surface area (Å²) in [5.74, 6) is -4.13. The fourth-order valence-corrected chi connectivity index (χ4v) is 9.06. The Labute approximate surface area is 203 Å². The highest BCUT2D eigenvalue weighted by Gasteiger charge is 2.72. The van der Waals surface area contributed by atoms with Gasteiger partial charge in [0.25, 0.3) is 10.0 Å². The van der Waals surface area contributed by atoms with Gasteiger partial charge in [0.15, 0.2) is 5.72 Å². The van der Waals surface area contributed by atoms with Crippen molar-refractivity contribution in [3.8, 4) is 6.07 Å². The van der Waals surface area contributed by atoms with Crippen molar-refractivity contribution in [2.45, 2.75) is 78.8 Å². The number of thiophene rings is 1. The average Bonchev–Trinajstić information content (AvgIpc) is 3.17. The molecule has 2 unspecified atom stereocenters. The van der Waals surface area contributed by atoms with Crippen LogP contribution < -0.4 is 5.73 Å². The van der Waals surface area contributed by atoms with Gasteiger partial charge in [0.1, 0.15) is 10.3 Å². The summed E-state index contributed by atoms with van der Waals surface area (Å²) in [6.45, 7) is 0. The quantitative estimate of drug-likeness (QED) is 0.573. The third-order valence-corrected chi connectivity index (χ3v) is 11.0. The molecule has 14 heteroatoms. The molecule has 0 aromatic carbocycles. The van der Waals surface area contributed by atoms with Crippen molar-refractivity contribution >= 4 is 33.2 Å². The van der Waals surface area contributed by atoms with Crippen molar-refractivity contribution in [3.63, 3.8) is 0 Å². The van der Waals surface area contributed by atoms with Crippen molar-refractivity contribution in [1.29, 1.82) is 5.26 Å². The molecule has 1 aromatic rings. The van der Waals surface area contributed by atoms with Gasteiger partial charge in [-0.05, 0) is 49.5 Å². The van der Waals surface area contributed by atoms with E-state index in [4.69, 9.17) is 10.5 Å². The lowest BCUT2D eigenvalue weighted by Gasteiger charge is -2.41. The number of rotatable bonds is 5. The topological polar surface area (TPSA) is 134 Å². The molecule has 0 radical (unpaired) electrons. The third-order valence-electron chi connectivity index (χ3n) is 7.65. The molecule has 1 aliphatic carbocycles. The van der Waals surface area contributed by atoms with Gasteiger partial charge in [-0.1, -0.05) is 6.07 Å². The van der Waals surface area contributed by atoms with Crippen LogP contribution in [-0.4, -0.2) is 65.6 Å². The summed E-state index contributed by atoms with van der Waals surface area (Å²) < 4.78 is 71.3. The van der Waals surface area contributed by atoms with Crippen LogP contribution in [0.1, 0.15) is 38.5 Å². The highest BCUT2D eigenvalue weighted by Crippen LogP contribution is 2.59. The first kappa shape index (κ1) is 24.5. The van der Waals surface area contributed by atoms with Crippen molar-refractivity contribution in [2.75, 3.05) is 0 Å². The number of halogens is 3. The summed E-state index contributed by atoms with van der Waals surface area (Å²) in [5, 5.41) is 11.2. The molecule has 1 aromatic heterocycles. The Morgan fingerprint density at radius 1 is 1.26 bits per heavy atom. The van der Waals surface area contributed by atoms with Crippen molar-refractivity contribution < 1.29 is 35.9 Å². The molecule has 3 aliphatic heterocycles. The van der Waals surface area contributed by atoms with E-state index in [1.54, 1.807) is 17.5 Å². The molecule has 4 aliphatic rings. The molecule has 3 saturated heterocycles. The van der Waals surface area contributed by atoms with E-state index in [0.29, 0.717) is 25.7 Å². The van der Waals surface area contributed by atoms with E-state index >= 15 is 0 Å². The molecule has 4 fully saturated rings. The summed E-state index contributed by atoms with van der Waals surface area (Å²) in [5.41, 5.74) is 4.52. The SMILES string of the molecule is N#C[C@@H]1C[C@@H]2C[C@@]2(OC(=O)C(F)(F)F)N1C(=O)[C@@H](N)C1CC2CCC(C1)N2S(=O)(=O)c1cccs1. The summed E-state index contributed by atoms with van der Waals surface area (Å²) in [7, 11) is -3.68. The highest BCUT2D eigenvalue weighted by atomic mass is 32.2. The van der Waals surface area contributed by atoms with E-state index in [1.807, 2.05) is 6.07 Å². The lowest BCUT2D eigenvalue weighted by molar-refractivity contribution is -0.217. The van der Waals surface area contributed by atoms with Crippen LogP contribution in [-0.2, 0) is 24.3 Å². The summed E-state index contributed by atoms with van der Waals surface area (Å²) in [6.07, 6.45) is -3.24. The van der Waals surface area contributed by atoms with E-state index in [2.05, 4.69) is 0 Å². The molecule has 190 valence electrons. The number of nitriles is 1. The van der Waals surface area contributed by atoms with Crippen LogP contribution in [0.4, 0.5) is 13.2 Å². The first-order valence-electron chi connectivity index (χ1n) is 11.3. The fraction of sp³-hybridized carbons (Fsp3) is 0.667. The van der Waals surface area contributed by atoms with Gasteiger partial charge in [0.2, 0.25) is 5.91 Å². The van der Waals surface area contributed by atoms with E-state index in [-0.39, 0.29) is 29.1 Å². The van der Waals surface area contributed by atoms with Crippen molar-refractivity contribution in [2.24, 2.45) is 17.6 Å². The Morgan fingerprint density at radius 2 is 1.91 bits per heavy atom. The number of hydrogen-bond donors (Lipinski definition) is 1. The number of carbonyl (C=O) groups is 2. The van der Waals surface area contributed by atoms with Crippen LogP contribution in [0.3, 0.4) is 0 Å². The average molecular weight is 533 g/mol. The number of amides is 1. The number of carbonyl (C=O) groups excluding carboxylic acids is 2. The molecule has 2 bridgehead atoms. The number of fused-ring (bicyclic) bond motifs is 3. The molecule has 1 amide bonds. The predicted molar refractivity (Wildman–Crippen MR) is 115 cm³/mol. The molecular weight excluding hydrogens is 509 g/mol. The van der Waals surface area contributed by atoms with E-state index < -0.39 is 57.7 Å². The maximum absolute atomic E-state index is 13.4. The van der Waals surface area contributed by atoms with E-state index in [9.17, 15) is 36.4 Å². The summed E-state index contributed by atoms with van der Waals surface area (Å²) in [4.78, 5) is 25.9. The second-order valence-electron chi connectivity index (χ2n) is 9.63. The largest absolute Gasteiger partial charge is 0.491 e. The Balaban J connectivity index is 1.34. The van der Waals surface area contributed by atoms with Gasteiger partial charge < -0.3 is 10.5 Å². The maximum Gasteiger partial charge on any atom is 0.491 e.